The van der Waals surface area contributed by atoms with Crippen LogP contribution in [0.15, 0.2) is 0 Å². The fourth-order valence-corrected chi connectivity index (χ4v) is 0. The van der Waals surface area contributed by atoms with Crippen LogP contribution < -0.4 is 59.1 Å². The van der Waals surface area contributed by atoms with Crippen molar-refractivity contribution in [3.63, 3.8) is 0 Å². The molecule has 14 heavy (non-hydrogen) atoms. The summed E-state index contributed by atoms with van der Waals surface area (Å²) in [5, 5.41) is 0. The summed E-state index contributed by atoms with van der Waals surface area (Å²) in [6.07, 6.45) is 0. The van der Waals surface area contributed by atoms with E-state index in [0.717, 1.165) is 0 Å². The molecule has 0 unspecified atom stereocenters. The molecule has 14 heteroatoms. The zero-order valence-corrected chi connectivity index (χ0v) is 21.0. The summed E-state index contributed by atoms with van der Waals surface area (Å²) in [6, 6.07) is 0. The van der Waals surface area contributed by atoms with Crippen molar-refractivity contribution in [1.29, 1.82) is 0 Å². The Kier molecular flexibility index (Phi) is 49.1. The number of hydrogen-bond acceptors (Lipinski definition) is 0. The van der Waals surface area contributed by atoms with E-state index in [1.54, 1.807) is 0 Å². The molecule has 0 atom stereocenters. The van der Waals surface area contributed by atoms with E-state index >= 15 is 0 Å². The van der Waals surface area contributed by atoms with Gasteiger partial charge in [0.2, 0.25) is 0 Å². The van der Waals surface area contributed by atoms with E-state index in [9.17, 15) is 0 Å². The Morgan fingerprint density at radius 3 is 0.429 bits per heavy atom. The molecule has 0 fully saturated rings. The predicted molar refractivity (Wildman–Crippen MR) is 54.1 cm³/mol. The summed E-state index contributed by atoms with van der Waals surface area (Å²) in [7, 11) is 40.0. The van der Waals surface area contributed by atoms with E-state index < -0.39 is 25.6 Å². The van der Waals surface area contributed by atoms with Crippen molar-refractivity contribution in [2.75, 3.05) is 0 Å². The van der Waals surface area contributed by atoms with Crippen LogP contribution >= 0.6 is 73.5 Å². The monoisotopic (exact) mass is 756 g/mol. The Labute approximate surface area is 165 Å². The van der Waals surface area contributed by atoms with Crippen molar-refractivity contribution in [1.82, 2.24) is 0 Å². The molecule has 0 heterocycles. The minimum Gasteiger partial charge on any atom is 1.00 e. The maximum Gasteiger partial charge on any atom is 1.00 e. The Morgan fingerprint density at radius 2 is 0.429 bits per heavy atom. The van der Waals surface area contributed by atoms with E-state index in [1.807, 2.05) is 0 Å². The summed E-state index contributed by atoms with van der Waals surface area (Å²) in [5.74, 6) is 0. The first kappa shape index (κ1) is 36.7. The van der Waals surface area contributed by atoms with Crippen LogP contribution in [-0.4, -0.2) is 11.0 Å². The molecular weight excluding hydrogens is 756 g/mol. The first-order chi connectivity index (χ1) is 4.00. The number of halogens is 8. The van der Waals surface area contributed by atoms with Crippen LogP contribution in [0.2, 0.25) is 0 Å². The molecule has 2 nitrogen and oxygen atoms in total. The maximum absolute atomic E-state index is 5.00. The molecule has 4 N–H and O–H groups in total. The van der Waals surface area contributed by atoms with Gasteiger partial charge < -0.3 is 11.0 Å². The SMILES string of the molecule is O.O.[Cl][Au-]([Cl])([Cl])[Cl].[Cl][Au-]([Cl])([Cl])[Cl].[Na+].[Na+]. The zero-order valence-electron chi connectivity index (χ0n) is 6.63. The first-order valence-electron chi connectivity index (χ1n) is 0.912. The van der Waals surface area contributed by atoms with Gasteiger partial charge >= 0.3 is 158 Å². The van der Waals surface area contributed by atoms with Gasteiger partial charge in [-0.3, -0.25) is 0 Å². The Hall–Kier alpha value is 5.72. The second kappa shape index (κ2) is 18.7. The average molecular weight is 760 g/mol. The van der Waals surface area contributed by atoms with Crippen molar-refractivity contribution in [3.05, 3.63) is 0 Å². The van der Waals surface area contributed by atoms with Gasteiger partial charge in [-0.25, -0.2) is 0 Å². The van der Waals surface area contributed by atoms with Crippen LogP contribution in [0.4, 0.5) is 0 Å². The molecule has 0 spiro atoms. The third kappa shape index (κ3) is 151. The summed E-state index contributed by atoms with van der Waals surface area (Å²) in [6.45, 7) is 0. The molecule has 0 amide bonds. The van der Waals surface area contributed by atoms with Crippen LogP contribution in [0.3, 0.4) is 0 Å². The largest absolute Gasteiger partial charge is 1.00 e. The van der Waals surface area contributed by atoms with Crippen molar-refractivity contribution < 1.29 is 95.7 Å². The molecule has 0 saturated heterocycles. The Morgan fingerprint density at radius 1 is 0.429 bits per heavy atom. The van der Waals surface area contributed by atoms with E-state index in [1.165, 1.54) is 0 Å². The van der Waals surface area contributed by atoms with E-state index in [-0.39, 0.29) is 70.1 Å². The molecule has 0 bridgehead atoms. The van der Waals surface area contributed by atoms with Crippen molar-refractivity contribution >= 4 is 73.5 Å². The van der Waals surface area contributed by atoms with Crippen molar-refractivity contribution in [3.8, 4) is 0 Å². The van der Waals surface area contributed by atoms with Gasteiger partial charge in [0, 0.05) is 0 Å². The van der Waals surface area contributed by atoms with Crippen molar-refractivity contribution in [2.45, 2.75) is 0 Å². The first-order valence-corrected chi connectivity index (χ1v) is 22.4. The van der Waals surface area contributed by atoms with E-state index in [2.05, 4.69) is 0 Å². The van der Waals surface area contributed by atoms with Gasteiger partial charge in [-0.05, 0) is 0 Å². The number of hydrogen-bond donors (Lipinski definition) is 0. The van der Waals surface area contributed by atoms with E-state index in [0.29, 0.717) is 0 Å². The van der Waals surface area contributed by atoms with Gasteiger partial charge in [-0.1, -0.05) is 0 Å². The van der Waals surface area contributed by atoms with Gasteiger partial charge in [-0.15, -0.1) is 0 Å². The summed E-state index contributed by atoms with van der Waals surface area (Å²) >= 11 is -6.00. The quantitative estimate of drug-likeness (QED) is 0.254. The topological polar surface area (TPSA) is 63.0 Å². The third-order valence-corrected chi connectivity index (χ3v) is 0. The second-order valence-electron chi connectivity index (χ2n) is 0.517. The van der Waals surface area contributed by atoms with E-state index in [4.69, 9.17) is 73.5 Å². The minimum atomic E-state index is -3.00. The second-order valence-corrected chi connectivity index (χ2v) is 38.1. The standard InChI is InChI=1S/2Au.8ClH.2Na.2H2O/h;;8*1H;;;2*1H2/q2*+3;;;;;;;;;2*+1;;/p-8. The van der Waals surface area contributed by atoms with Crippen LogP contribution in [0.5, 0.6) is 0 Å². The normalized spacial score (nSPS) is 10.9. The molecule has 0 aliphatic heterocycles. The van der Waals surface area contributed by atoms with Crippen LogP contribution in [-0.2, 0) is 25.6 Å². The molecule has 0 saturated carbocycles. The molecule has 0 rings (SSSR count). The molecule has 0 aromatic rings. The fourth-order valence-electron chi connectivity index (χ4n) is 0. The molecule has 0 aromatic heterocycles. The molecular formula is H4Au2Cl8Na2O2. The Bertz CT molecular complexity index is 66.3. The van der Waals surface area contributed by atoms with Gasteiger partial charge in [0.1, 0.15) is 0 Å². The summed E-state index contributed by atoms with van der Waals surface area (Å²) in [4.78, 5) is 0. The third-order valence-electron chi connectivity index (χ3n) is 0. The maximum atomic E-state index is 5.00. The molecule has 0 radical (unpaired) electrons. The van der Waals surface area contributed by atoms with Crippen LogP contribution in [0.1, 0.15) is 0 Å². The predicted octanol–water partition coefficient (Wildman–Crippen LogP) is -2.13. The van der Waals surface area contributed by atoms with Crippen molar-refractivity contribution in [2.24, 2.45) is 0 Å². The zero-order chi connectivity index (χ0) is 9.00. The molecule has 0 aliphatic rings. The number of rotatable bonds is 0. The van der Waals surface area contributed by atoms with Crippen LogP contribution in [0, 0.1) is 0 Å². The van der Waals surface area contributed by atoms with Gasteiger partial charge in [0.25, 0.3) is 0 Å². The average Bonchev–Trinajstić information content (AvgIpc) is 1.12. The molecule has 96 valence electrons. The molecule has 0 aliphatic carbocycles. The molecule has 0 aromatic carbocycles. The minimum absolute atomic E-state index is 0. The van der Waals surface area contributed by atoms with Gasteiger partial charge in [-0.2, -0.15) is 0 Å². The summed E-state index contributed by atoms with van der Waals surface area (Å²) in [5.41, 5.74) is 0. The van der Waals surface area contributed by atoms with Gasteiger partial charge in [0.15, 0.2) is 0 Å². The smallest absolute Gasteiger partial charge is 1.00 e. The Balaban J connectivity index is -0.0000000178. The fraction of sp³-hybridized carbons (Fsp3) is 0. The summed E-state index contributed by atoms with van der Waals surface area (Å²) < 4.78 is 0. The van der Waals surface area contributed by atoms with Crippen LogP contribution in [0.25, 0.3) is 0 Å². The van der Waals surface area contributed by atoms with Gasteiger partial charge in [0.05, 0.1) is 0 Å².